The quantitative estimate of drug-likeness (QED) is 0.587. The highest BCUT2D eigenvalue weighted by atomic mass is 16.6. The van der Waals surface area contributed by atoms with Gasteiger partial charge in [-0.2, -0.15) is 0 Å². The molecule has 0 aromatic rings. The molecule has 0 aromatic heterocycles. The van der Waals surface area contributed by atoms with Gasteiger partial charge in [0.25, 0.3) is 0 Å². The van der Waals surface area contributed by atoms with Gasteiger partial charge in [-0.15, -0.1) is 6.58 Å². The summed E-state index contributed by atoms with van der Waals surface area (Å²) >= 11 is 0. The Morgan fingerprint density at radius 3 is 2.39 bits per heavy atom. The van der Waals surface area contributed by atoms with Crippen LogP contribution in [0.4, 0.5) is 9.59 Å². The van der Waals surface area contributed by atoms with Crippen molar-refractivity contribution in [3.8, 4) is 0 Å². The molecule has 4 aliphatic rings. The Hall–Kier alpha value is -1.89. The van der Waals surface area contributed by atoms with Gasteiger partial charge in [0, 0.05) is 23.2 Å². The number of nitrogens with one attached hydrogen (secondary N) is 1. The minimum Gasteiger partial charge on any atom is -0.446 e. The van der Waals surface area contributed by atoms with Crippen LogP contribution >= 0.6 is 0 Å². The number of carbonyl (C=O) groups is 3. The first-order chi connectivity index (χ1) is 15.5. The first-order valence-corrected chi connectivity index (χ1v) is 12.5. The van der Waals surface area contributed by atoms with Crippen molar-refractivity contribution in [2.24, 2.45) is 34.0 Å². The monoisotopic (exact) mass is 461 g/mol. The minimum absolute atomic E-state index is 0.0870. The van der Waals surface area contributed by atoms with Crippen molar-refractivity contribution in [1.29, 1.82) is 0 Å². The van der Waals surface area contributed by atoms with Crippen LogP contribution in [0.1, 0.15) is 79.1 Å². The molecule has 4 rings (SSSR count). The van der Waals surface area contributed by atoms with Crippen molar-refractivity contribution >= 4 is 18.0 Å². The summed E-state index contributed by atoms with van der Waals surface area (Å²) in [6, 6.07) is 0. The number of ether oxygens (including phenoxy) is 2. The standard InChI is InChI=1S/C26H39NO6/c1-6-24(4)14-19(33-23(31)27-22(30)32-17-8-7-9-17)25(5)15(2)10-12-26(16(3)21(24)29)13-11-18(28)20(25)26/h6,15-17,19-21,29H,1,7-14H2,2-5H3,(H,27,30,31)/t15?,16-,19+,20-,21-,24+,25-,26-/m0/s1. The molecule has 2 N–H and O–H groups in total. The summed E-state index contributed by atoms with van der Waals surface area (Å²) in [5.41, 5.74) is -1.65. The summed E-state index contributed by atoms with van der Waals surface area (Å²) in [5.74, 6) is -0.0545. The van der Waals surface area contributed by atoms with Gasteiger partial charge >= 0.3 is 12.2 Å². The predicted molar refractivity (Wildman–Crippen MR) is 122 cm³/mol. The second kappa shape index (κ2) is 8.40. The van der Waals surface area contributed by atoms with Gasteiger partial charge in [-0.25, -0.2) is 14.9 Å². The lowest BCUT2D eigenvalue weighted by Gasteiger charge is -2.61. The van der Waals surface area contributed by atoms with Crippen molar-refractivity contribution < 1.29 is 29.0 Å². The first kappa shape index (κ1) is 24.2. The summed E-state index contributed by atoms with van der Waals surface area (Å²) in [6.07, 6.45) is 4.51. The van der Waals surface area contributed by atoms with E-state index in [1.165, 1.54) is 0 Å². The Labute approximate surface area is 196 Å². The lowest BCUT2D eigenvalue weighted by atomic mass is 9.44. The summed E-state index contributed by atoms with van der Waals surface area (Å²) < 4.78 is 11.2. The highest BCUT2D eigenvalue weighted by Crippen LogP contribution is 2.67. The van der Waals surface area contributed by atoms with Gasteiger partial charge in [0.15, 0.2) is 0 Å². The van der Waals surface area contributed by atoms with Crippen LogP contribution in [0.5, 0.6) is 0 Å². The van der Waals surface area contributed by atoms with Gasteiger partial charge in [-0.05, 0) is 62.2 Å². The maximum atomic E-state index is 13.4. The highest BCUT2D eigenvalue weighted by molar-refractivity contribution is 5.88. The highest BCUT2D eigenvalue weighted by Gasteiger charge is 2.68. The number of hydrogen-bond donors (Lipinski definition) is 2. The molecule has 2 amide bonds. The summed E-state index contributed by atoms with van der Waals surface area (Å²) in [7, 11) is 0. The molecule has 4 fully saturated rings. The molecule has 0 heterocycles. The lowest BCUT2D eigenvalue weighted by Crippen LogP contribution is -2.63. The fourth-order valence-corrected chi connectivity index (χ4v) is 7.41. The third kappa shape index (κ3) is 3.71. The average molecular weight is 462 g/mol. The number of ketones is 1. The molecule has 4 saturated carbocycles. The molecule has 33 heavy (non-hydrogen) atoms. The van der Waals surface area contributed by atoms with Crippen LogP contribution in [0.25, 0.3) is 0 Å². The topological polar surface area (TPSA) is 102 Å². The molecule has 2 bridgehead atoms. The predicted octanol–water partition coefficient (Wildman–Crippen LogP) is 4.77. The summed E-state index contributed by atoms with van der Waals surface area (Å²) in [4.78, 5) is 38.3. The normalized spacial score (nSPS) is 45.1. The number of imide groups is 1. The Morgan fingerprint density at radius 1 is 1.12 bits per heavy atom. The van der Waals surface area contributed by atoms with Gasteiger partial charge in [0.2, 0.25) is 0 Å². The van der Waals surface area contributed by atoms with E-state index in [1.807, 2.05) is 6.92 Å². The maximum Gasteiger partial charge on any atom is 0.416 e. The van der Waals surface area contributed by atoms with E-state index in [0.717, 1.165) is 38.5 Å². The zero-order chi connectivity index (χ0) is 24.2. The minimum atomic E-state index is -0.867. The van der Waals surface area contributed by atoms with E-state index in [2.05, 4.69) is 32.7 Å². The van der Waals surface area contributed by atoms with E-state index >= 15 is 0 Å². The molecular weight excluding hydrogens is 422 g/mol. The molecule has 1 unspecified atom stereocenters. The van der Waals surface area contributed by atoms with E-state index in [0.29, 0.717) is 12.8 Å². The molecule has 8 atom stereocenters. The van der Waals surface area contributed by atoms with Crippen LogP contribution in [0, 0.1) is 34.0 Å². The van der Waals surface area contributed by atoms with E-state index in [4.69, 9.17) is 9.47 Å². The number of alkyl carbamates (subject to hydrolysis) is 2. The Bertz CT molecular complexity index is 839. The fourth-order valence-electron chi connectivity index (χ4n) is 7.41. The van der Waals surface area contributed by atoms with Gasteiger partial charge in [-0.3, -0.25) is 4.79 Å². The smallest absolute Gasteiger partial charge is 0.416 e. The Kier molecular flexibility index (Phi) is 6.17. The lowest BCUT2D eigenvalue weighted by molar-refractivity contribution is -0.191. The number of aliphatic hydroxyl groups is 1. The second-order valence-corrected chi connectivity index (χ2v) is 11.6. The third-order valence-corrected chi connectivity index (χ3v) is 10.1. The second-order valence-electron chi connectivity index (χ2n) is 11.6. The number of rotatable bonds is 3. The Morgan fingerprint density at radius 2 is 1.79 bits per heavy atom. The molecule has 0 radical (unpaired) electrons. The van der Waals surface area contributed by atoms with Crippen molar-refractivity contribution in [3.63, 3.8) is 0 Å². The summed E-state index contributed by atoms with van der Waals surface area (Å²) in [5, 5.41) is 13.7. The van der Waals surface area contributed by atoms with Crippen molar-refractivity contribution in [2.45, 2.75) is 97.4 Å². The van der Waals surface area contributed by atoms with E-state index in [-0.39, 0.29) is 35.1 Å². The molecule has 4 aliphatic carbocycles. The van der Waals surface area contributed by atoms with E-state index < -0.39 is 35.2 Å². The first-order valence-electron chi connectivity index (χ1n) is 12.5. The van der Waals surface area contributed by atoms with Crippen LogP contribution in [0.15, 0.2) is 12.7 Å². The molecule has 0 spiro atoms. The molecule has 7 heteroatoms. The van der Waals surface area contributed by atoms with Crippen LogP contribution in [0.3, 0.4) is 0 Å². The van der Waals surface area contributed by atoms with Crippen molar-refractivity contribution in [2.75, 3.05) is 0 Å². The van der Waals surface area contributed by atoms with Crippen LogP contribution in [-0.4, -0.2) is 41.4 Å². The van der Waals surface area contributed by atoms with E-state index in [1.54, 1.807) is 6.08 Å². The van der Waals surface area contributed by atoms with Crippen LogP contribution < -0.4 is 5.32 Å². The molecule has 0 aromatic carbocycles. The van der Waals surface area contributed by atoms with Crippen molar-refractivity contribution in [3.05, 3.63) is 12.7 Å². The number of aliphatic hydroxyl groups excluding tert-OH is 1. The maximum absolute atomic E-state index is 13.4. The van der Waals surface area contributed by atoms with Gasteiger partial charge in [0.1, 0.15) is 18.0 Å². The number of hydrogen-bond acceptors (Lipinski definition) is 6. The van der Waals surface area contributed by atoms with Crippen LogP contribution in [-0.2, 0) is 14.3 Å². The summed E-state index contributed by atoms with van der Waals surface area (Å²) in [6.45, 7) is 12.2. The molecule has 0 saturated heterocycles. The molecule has 184 valence electrons. The zero-order valence-electron chi connectivity index (χ0n) is 20.4. The molecule has 0 aliphatic heterocycles. The van der Waals surface area contributed by atoms with Gasteiger partial charge in [0.05, 0.1) is 6.10 Å². The van der Waals surface area contributed by atoms with E-state index in [9.17, 15) is 19.5 Å². The SMILES string of the molecule is C=C[C@]1(C)C[C@@H](OC(=O)NC(=O)OC2CCC2)[C@]2(C)C(C)CC[C@]3(CCC(=O)[C@H]32)[C@@H](C)[C@@H]1O. The fraction of sp³-hybridized carbons (Fsp3) is 0.808. The van der Waals surface area contributed by atoms with Gasteiger partial charge < -0.3 is 14.6 Å². The average Bonchev–Trinajstić information content (AvgIpc) is 3.09. The zero-order valence-corrected chi connectivity index (χ0v) is 20.4. The molecular formula is C26H39NO6. The van der Waals surface area contributed by atoms with Crippen molar-refractivity contribution in [1.82, 2.24) is 5.32 Å². The molecule has 7 nitrogen and oxygen atoms in total. The third-order valence-electron chi connectivity index (χ3n) is 10.1. The largest absolute Gasteiger partial charge is 0.446 e. The van der Waals surface area contributed by atoms with Gasteiger partial charge in [-0.1, -0.05) is 33.8 Å². The number of amides is 2. The number of Topliss-reactive ketones (excluding diaryl/α,β-unsaturated/α-hetero) is 1. The number of carbonyl (C=O) groups excluding carboxylic acids is 3. The van der Waals surface area contributed by atoms with Crippen LogP contribution in [0.2, 0.25) is 0 Å². The Balaban J connectivity index is 1.68.